The molecule has 0 saturated carbocycles. The fraction of sp³-hybridized carbons (Fsp3) is 0.333. The number of benzene rings is 1. The van der Waals surface area contributed by atoms with Crippen molar-refractivity contribution in [1.29, 1.82) is 0 Å². The van der Waals surface area contributed by atoms with Crippen molar-refractivity contribution in [3.8, 4) is 0 Å². The SMILES string of the molecule is CCN1CC(=O)N[C@@H](c2ccccc2Br)C1=O. The van der Waals surface area contributed by atoms with E-state index < -0.39 is 6.04 Å². The number of likely N-dealkylation sites (N-methyl/N-ethyl adjacent to an activating group) is 1. The number of hydrogen-bond donors (Lipinski definition) is 1. The second-order valence-corrected chi connectivity index (χ2v) is 4.73. The van der Waals surface area contributed by atoms with Gasteiger partial charge in [-0.05, 0) is 18.6 Å². The van der Waals surface area contributed by atoms with Gasteiger partial charge in [-0.2, -0.15) is 0 Å². The Morgan fingerprint density at radius 2 is 2.12 bits per heavy atom. The van der Waals surface area contributed by atoms with E-state index in [2.05, 4.69) is 21.2 Å². The third kappa shape index (κ3) is 2.34. The van der Waals surface area contributed by atoms with Crippen molar-refractivity contribution in [2.24, 2.45) is 0 Å². The van der Waals surface area contributed by atoms with Gasteiger partial charge in [0.25, 0.3) is 0 Å². The first-order chi connectivity index (χ1) is 8.13. The average Bonchev–Trinajstić information content (AvgIpc) is 2.32. The van der Waals surface area contributed by atoms with Crippen LogP contribution in [0.1, 0.15) is 18.5 Å². The highest BCUT2D eigenvalue weighted by molar-refractivity contribution is 9.10. The zero-order chi connectivity index (χ0) is 12.4. The zero-order valence-electron chi connectivity index (χ0n) is 9.44. The molecule has 0 bridgehead atoms. The van der Waals surface area contributed by atoms with Gasteiger partial charge in [0.05, 0.1) is 6.54 Å². The lowest BCUT2D eigenvalue weighted by Crippen LogP contribution is -2.53. The molecule has 1 aromatic carbocycles. The number of nitrogens with zero attached hydrogens (tertiary/aromatic N) is 1. The van der Waals surface area contributed by atoms with Crippen molar-refractivity contribution < 1.29 is 9.59 Å². The summed E-state index contributed by atoms with van der Waals surface area (Å²) >= 11 is 3.40. The van der Waals surface area contributed by atoms with Crippen LogP contribution in [0.15, 0.2) is 28.7 Å². The van der Waals surface area contributed by atoms with Gasteiger partial charge in [-0.3, -0.25) is 9.59 Å². The van der Waals surface area contributed by atoms with E-state index in [4.69, 9.17) is 0 Å². The molecule has 1 fully saturated rings. The van der Waals surface area contributed by atoms with E-state index in [1.165, 1.54) is 0 Å². The highest BCUT2D eigenvalue weighted by Crippen LogP contribution is 2.26. The third-order valence-electron chi connectivity index (χ3n) is 2.80. The second-order valence-electron chi connectivity index (χ2n) is 3.87. The molecule has 4 nitrogen and oxygen atoms in total. The quantitative estimate of drug-likeness (QED) is 0.898. The van der Waals surface area contributed by atoms with Crippen LogP contribution in [0, 0.1) is 0 Å². The summed E-state index contributed by atoms with van der Waals surface area (Å²) in [7, 11) is 0. The molecule has 0 radical (unpaired) electrons. The molecule has 1 heterocycles. The van der Waals surface area contributed by atoms with Gasteiger partial charge < -0.3 is 10.2 Å². The maximum Gasteiger partial charge on any atom is 0.250 e. The molecule has 1 aliphatic rings. The Morgan fingerprint density at radius 3 is 2.76 bits per heavy atom. The summed E-state index contributed by atoms with van der Waals surface area (Å²) < 4.78 is 0.830. The van der Waals surface area contributed by atoms with Crippen LogP contribution in [0.25, 0.3) is 0 Å². The van der Waals surface area contributed by atoms with Crippen LogP contribution in [0.2, 0.25) is 0 Å². The van der Waals surface area contributed by atoms with Crippen molar-refractivity contribution in [1.82, 2.24) is 10.2 Å². The van der Waals surface area contributed by atoms with Gasteiger partial charge in [0.15, 0.2) is 0 Å². The van der Waals surface area contributed by atoms with Crippen molar-refractivity contribution in [3.63, 3.8) is 0 Å². The lowest BCUT2D eigenvalue weighted by Gasteiger charge is -2.32. The Hall–Kier alpha value is -1.36. The van der Waals surface area contributed by atoms with Crippen LogP contribution >= 0.6 is 15.9 Å². The first kappa shape index (κ1) is 12.1. The molecule has 5 heteroatoms. The Balaban J connectivity index is 2.34. The van der Waals surface area contributed by atoms with Gasteiger partial charge in [0.2, 0.25) is 11.8 Å². The number of nitrogens with one attached hydrogen (secondary N) is 1. The number of amides is 2. The van der Waals surface area contributed by atoms with Crippen LogP contribution in [0.3, 0.4) is 0 Å². The molecule has 1 atom stereocenters. The monoisotopic (exact) mass is 296 g/mol. The van der Waals surface area contributed by atoms with Crippen molar-refractivity contribution in [3.05, 3.63) is 34.3 Å². The van der Waals surface area contributed by atoms with E-state index in [-0.39, 0.29) is 18.4 Å². The smallest absolute Gasteiger partial charge is 0.250 e. The molecule has 1 N–H and O–H groups in total. The molecule has 0 spiro atoms. The third-order valence-corrected chi connectivity index (χ3v) is 3.52. The number of rotatable bonds is 2. The summed E-state index contributed by atoms with van der Waals surface area (Å²) in [5.74, 6) is -0.175. The maximum absolute atomic E-state index is 12.1. The van der Waals surface area contributed by atoms with Crippen LogP contribution in [-0.2, 0) is 9.59 Å². The van der Waals surface area contributed by atoms with Gasteiger partial charge in [0.1, 0.15) is 6.04 Å². The minimum absolute atomic E-state index is 0.0565. The maximum atomic E-state index is 12.1. The predicted octanol–water partition coefficient (Wildman–Crippen LogP) is 1.47. The van der Waals surface area contributed by atoms with Crippen LogP contribution in [0.5, 0.6) is 0 Å². The summed E-state index contributed by atoms with van der Waals surface area (Å²) in [5.41, 5.74) is 0.795. The molecule has 2 rings (SSSR count). The van der Waals surface area contributed by atoms with E-state index >= 15 is 0 Å². The topological polar surface area (TPSA) is 49.4 Å². The molecule has 90 valence electrons. The van der Waals surface area contributed by atoms with Crippen LogP contribution in [-0.4, -0.2) is 29.8 Å². The van der Waals surface area contributed by atoms with Crippen LogP contribution < -0.4 is 5.32 Å². The van der Waals surface area contributed by atoms with Crippen molar-refractivity contribution in [2.45, 2.75) is 13.0 Å². The van der Waals surface area contributed by atoms with Crippen molar-refractivity contribution >= 4 is 27.7 Å². The molecule has 1 aliphatic heterocycles. The lowest BCUT2D eigenvalue weighted by atomic mass is 10.0. The van der Waals surface area contributed by atoms with Gasteiger partial charge in [-0.15, -0.1) is 0 Å². The predicted molar refractivity (Wildman–Crippen MR) is 67.3 cm³/mol. The van der Waals surface area contributed by atoms with E-state index in [1.54, 1.807) is 4.90 Å². The highest BCUT2D eigenvalue weighted by Gasteiger charge is 2.33. The molecule has 1 aromatic rings. The van der Waals surface area contributed by atoms with Gasteiger partial charge >= 0.3 is 0 Å². The highest BCUT2D eigenvalue weighted by atomic mass is 79.9. The molecule has 1 saturated heterocycles. The standard InChI is InChI=1S/C12H13BrN2O2/c1-2-15-7-10(16)14-11(12(15)17)8-5-3-4-6-9(8)13/h3-6,11H,2,7H2,1H3,(H,14,16)/t11-/m0/s1. The Morgan fingerprint density at radius 1 is 1.41 bits per heavy atom. The minimum Gasteiger partial charge on any atom is -0.339 e. The average molecular weight is 297 g/mol. The molecule has 0 aromatic heterocycles. The van der Waals surface area contributed by atoms with E-state index in [0.717, 1.165) is 10.0 Å². The van der Waals surface area contributed by atoms with Crippen molar-refractivity contribution in [2.75, 3.05) is 13.1 Å². The van der Waals surface area contributed by atoms with Gasteiger partial charge in [0, 0.05) is 11.0 Å². The van der Waals surface area contributed by atoms with Crippen LogP contribution in [0.4, 0.5) is 0 Å². The van der Waals surface area contributed by atoms with E-state index in [0.29, 0.717) is 6.54 Å². The molecule has 17 heavy (non-hydrogen) atoms. The molecular formula is C12H13BrN2O2. The lowest BCUT2D eigenvalue weighted by molar-refractivity contribution is -0.144. The normalized spacial score (nSPS) is 20.4. The molecule has 0 aliphatic carbocycles. The fourth-order valence-electron chi connectivity index (χ4n) is 1.89. The van der Waals surface area contributed by atoms with E-state index in [9.17, 15) is 9.59 Å². The molecule has 2 amide bonds. The number of piperazine rings is 1. The second kappa shape index (κ2) is 4.87. The minimum atomic E-state index is -0.577. The van der Waals surface area contributed by atoms with Gasteiger partial charge in [-0.25, -0.2) is 0 Å². The Bertz CT molecular complexity index is 462. The summed E-state index contributed by atoms with van der Waals surface area (Å²) in [4.78, 5) is 25.3. The number of halogens is 1. The Labute approximate surface area is 108 Å². The number of carbonyl (C=O) groups excluding carboxylic acids is 2. The summed E-state index contributed by atoms with van der Waals surface area (Å²) in [6.07, 6.45) is 0. The fourth-order valence-corrected chi connectivity index (χ4v) is 2.40. The summed E-state index contributed by atoms with van der Waals surface area (Å²) in [6, 6.07) is 6.85. The summed E-state index contributed by atoms with van der Waals surface area (Å²) in [5, 5.41) is 2.73. The zero-order valence-corrected chi connectivity index (χ0v) is 11.0. The van der Waals surface area contributed by atoms with Gasteiger partial charge in [-0.1, -0.05) is 34.1 Å². The molecule has 0 unspecified atom stereocenters. The largest absolute Gasteiger partial charge is 0.339 e. The number of carbonyl (C=O) groups is 2. The van der Waals surface area contributed by atoms with E-state index in [1.807, 2.05) is 31.2 Å². The first-order valence-corrected chi connectivity index (χ1v) is 6.25. The molecular weight excluding hydrogens is 284 g/mol. The summed E-state index contributed by atoms with van der Waals surface area (Å²) in [6.45, 7) is 2.57. The first-order valence-electron chi connectivity index (χ1n) is 5.46. The number of hydrogen-bond acceptors (Lipinski definition) is 2. The Kier molecular flexibility index (Phi) is 3.47.